The van der Waals surface area contributed by atoms with Crippen molar-refractivity contribution in [1.82, 2.24) is 19.2 Å². The van der Waals surface area contributed by atoms with Crippen LogP contribution in [0.3, 0.4) is 0 Å². The molecule has 4 heterocycles. The highest BCUT2D eigenvalue weighted by Crippen LogP contribution is 2.33. The number of thioether (sulfide) groups is 1. The summed E-state index contributed by atoms with van der Waals surface area (Å²) in [7, 11) is 0. The highest BCUT2D eigenvalue weighted by molar-refractivity contribution is 7.98. The maximum atomic E-state index is 13.9. The minimum absolute atomic E-state index is 0.00663. The van der Waals surface area contributed by atoms with Gasteiger partial charge in [-0.2, -0.15) is 0 Å². The van der Waals surface area contributed by atoms with Crippen LogP contribution in [-0.2, 0) is 19.5 Å². The van der Waals surface area contributed by atoms with Crippen LogP contribution in [-0.4, -0.2) is 32.0 Å². The van der Waals surface area contributed by atoms with E-state index in [2.05, 4.69) is 44.9 Å². The third-order valence-corrected chi connectivity index (χ3v) is 8.23. The number of nitrogens with one attached hydrogen (secondary N) is 1. The summed E-state index contributed by atoms with van der Waals surface area (Å²) in [4.78, 5) is 17.7. The van der Waals surface area contributed by atoms with E-state index in [0.29, 0.717) is 5.78 Å². The topological polar surface area (TPSA) is 56.6 Å². The molecule has 0 spiro atoms. The molecular weight excluding hydrogens is 450 g/mol. The van der Waals surface area contributed by atoms with Gasteiger partial charge >= 0.3 is 0 Å². The molecular formula is C25H24N5OS2+. The number of nitrogens with zero attached hydrogens (tertiary/aromatic N) is 4. The third-order valence-electron chi connectivity index (χ3n) is 6.39. The number of aromatic nitrogens is 4. The van der Waals surface area contributed by atoms with Crippen molar-refractivity contribution in [2.45, 2.75) is 31.6 Å². The largest absolute Gasteiger partial charge is 0.326 e. The molecule has 166 valence electrons. The molecule has 5 aromatic rings. The van der Waals surface area contributed by atoms with Crippen LogP contribution in [0, 0.1) is 6.92 Å². The fourth-order valence-electron chi connectivity index (χ4n) is 4.86. The van der Waals surface area contributed by atoms with E-state index in [4.69, 9.17) is 0 Å². The number of thiophene rings is 1. The van der Waals surface area contributed by atoms with E-state index in [1.807, 2.05) is 37.4 Å². The smallest absolute Gasteiger partial charge is 0.268 e. The van der Waals surface area contributed by atoms with Crippen molar-refractivity contribution in [3.05, 3.63) is 86.5 Å². The van der Waals surface area contributed by atoms with Crippen LogP contribution in [0.25, 0.3) is 21.7 Å². The summed E-state index contributed by atoms with van der Waals surface area (Å²) in [5, 5.41) is 10.5. The Hall–Kier alpha value is -2.94. The Labute approximate surface area is 199 Å². The van der Waals surface area contributed by atoms with E-state index >= 15 is 0 Å². The predicted octanol–water partition coefficient (Wildman–Crippen LogP) is 3.27. The number of hydrogen-bond acceptors (Lipinski definition) is 5. The van der Waals surface area contributed by atoms with E-state index in [9.17, 15) is 4.79 Å². The standard InChI is InChI=1S/C25H23N5OS2/c1-16-7-6-10-18(13-16)29-22(31)21-19-11-12-28(14-17-8-4-3-5-9-17)15-20(19)33-23(21)30-24(29)26-27-25(30)32-2/h3-10,13H,11-12,14-15H2,1-2H3/p+1. The summed E-state index contributed by atoms with van der Waals surface area (Å²) < 4.78 is 3.81. The molecule has 1 unspecified atom stereocenters. The number of fused-ring (bicyclic) bond motifs is 5. The molecule has 0 saturated carbocycles. The molecule has 0 radical (unpaired) electrons. The molecule has 2 aromatic carbocycles. The monoisotopic (exact) mass is 474 g/mol. The van der Waals surface area contributed by atoms with Gasteiger partial charge in [0, 0.05) is 12.0 Å². The first-order valence-electron chi connectivity index (χ1n) is 11.1. The lowest BCUT2D eigenvalue weighted by atomic mass is 10.0. The van der Waals surface area contributed by atoms with Crippen LogP contribution >= 0.6 is 23.1 Å². The van der Waals surface area contributed by atoms with Crippen molar-refractivity contribution in [2.75, 3.05) is 12.8 Å². The lowest BCUT2D eigenvalue weighted by molar-refractivity contribution is -0.929. The summed E-state index contributed by atoms with van der Waals surface area (Å²) in [6.45, 7) is 5.00. The van der Waals surface area contributed by atoms with Crippen molar-refractivity contribution in [3.8, 4) is 5.69 Å². The van der Waals surface area contributed by atoms with E-state index in [1.54, 1.807) is 27.7 Å². The van der Waals surface area contributed by atoms with Crippen molar-refractivity contribution in [2.24, 2.45) is 0 Å². The quantitative estimate of drug-likeness (QED) is 0.406. The van der Waals surface area contributed by atoms with Gasteiger partial charge in [0.15, 0.2) is 5.16 Å². The second-order valence-electron chi connectivity index (χ2n) is 8.57. The van der Waals surface area contributed by atoms with Crippen LogP contribution in [0.15, 0.2) is 64.5 Å². The van der Waals surface area contributed by atoms with Gasteiger partial charge in [0.25, 0.3) is 5.56 Å². The molecule has 3 aromatic heterocycles. The molecule has 1 atom stereocenters. The SMILES string of the molecule is CSc1nnc2n(-c3cccc(C)c3)c(=O)c3c4c(sc3n12)C[NH+](Cc1ccccc1)CC4. The fourth-order valence-corrected chi connectivity index (χ4v) is 6.80. The molecule has 1 N–H and O–H groups in total. The number of hydrogen-bond donors (Lipinski definition) is 1. The van der Waals surface area contributed by atoms with Crippen molar-refractivity contribution >= 4 is 39.1 Å². The van der Waals surface area contributed by atoms with Crippen LogP contribution in [0.5, 0.6) is 0 Å². The highest BCUT2D eigenvalue weighted by Gasteiger charge is 2.29. The van der Waals surface area contributed by atoms with Crippen LogP contribution < -0.4 is 10.5 Å². The third kappa shape index (κ3) is 3.40. The minimum Gasteiger partial charge on any atom is -0.326 e. The molecule has 33 heavy (non-hydrogen) atoms. The molecule has 8 heteroatoms. The second-order valence-corrected chi connectivity index (χ2v) is 10.4. The van der Waals surface area contributed by atoms with Crippen molar-refractivity contribution in [3.63, 3.8) is 0 Å². The van der Waals surface area contributed by atoms with Gasteiger partial charge in [-0.3, -0.25) is 4.79 Å². The van der Waals surface area contributed by atoms with Crippen LogP contribution in [0.2, 0.25) is 0 Å². The van der Waals surface area contributed by atoms with Crippen LogP contribution in [0.4, 0.5) is 0 Å². The van der Waals surface area contributed by atoms with Gasteiger partial charge in [0.1, 0.15) is 17.9 Å². The second kappa shape index (κ2) is 8.13. The molecule has 0 bridgehead atoms. The molecule has 1 aliphatic heterocycles. The summed E-state index contributed by atoms with van der Waals surface area (Å²) in [6, 6.07) is 18.7. The van der Waals surface area contributed by atoms with Gasteiger partial charge in [-0.25, -0.2) is 8.97 Å². The first-order valence-corrected chi connectivity index (χ1v) is 13.1. The maximum Gasteiger partial charge on any atom is 0.268 e. The van der Waals surface area contributed by atoms with Crippen molar-refractivity contribution in [1.29, 1.82) is 0 Å². The molecule has 6 rings (SSSR count). The zero-order valence-electron chi connectivity index (χ0n) is 18.5. The number of aryl methyl sites for hydroxylation is 1. The van der Waals surface area contributed by atoms with E-state index in [0.717, 1.165) is 52.7 Å². The van der Waals surface area contributed by atoms with Crippen molar-refractivity contribution < 1.29 is 4.90 Å². The van der Waals surface area contributed by atoms with Crippen LogP contribution in [0.1, 0.15) is 21.6 Å². The highest BCUT2D eigenvalue weighted by atomic mass is 32.2. The number of rotatable bonds is 4. The van der Waals surface area contributed by atoms with E-state index in [1.165, 1.54) is 20.9 Å². The Bertz CT molecular complexity index is 1550. The van der Waals surface area contributed by atoms with Gasteiger partial charge in [0.2, 0.25) is 5.78 Å². The summed E-state index contributed by atoms with van der Waals surface area (Å²) in [5.41, 5.74) is 4.51. The fraction of sp³-hybridized carbons (Fsp3) is 0.240. The van der Waals surface area contributed by atoms with Gasteiger partial charge < -0.3 is 4.90 Å². The molecule has 1 aliphatic rings. The Morgan fingerprint density at radius 1 is 1.12 bits per heavy atom. The summed E-state index contributed by atoms with van der Waals surface area (Å²) in [6.07, 6.45) is 2.91. The average Bonchev–Trinajstić information content (AvgIpc) is 3.41. The molecule has 0 fully saturated rings. The minimum atomic E-state index is 0.00663. The molecule has 6 nitrogen and oxygen atoms in total. The zero-order valence-corrected chi connectivity index (χ0v) is 20.2. The molecule has 0 aliphatic carbocycles. The number of quaternary nitrogens is 1. The van der Waals surface area contributed by atoms with E-state index < -0.39 is 0 Å². The van der Waals surface area contributed by atoms with Gasteiger partial charge in [-0.05, 0) is 36.4 Å². The molecule has 0 saturated heterocycles. The Morgan fingerprint density at radius 2 is 1.97 bits per heavy atom. The average molecular weight is 475 g/mol. The molecule has 0 amide bonds. The van der Waals surface area contributed by atoms with E-state index in [-0.39, 0.29) is 5.56 Å². The lowest BCUT2D eigenvalue weighted by Gasteiger charge is -2.23. The normalized spacial score (nSPS) is 15.9. The summed E-state index contributed by atoms with van der Waals surface area (Å²) in [5.74, 6) is 0.578. The Kier molecular flexibility index (Phi) is 5.09. The Morgan fingerprint density at radius 3 is 2.76 bits per heavy atom. The Balaban J connectivity index is 1.55. The van der Waals surface area contributed by atoms with Gasteiger partial charge in [-0.15, -0.1) is 21.5 Å². The first-order chi connectivity index (χ1) is 16.1. The first kappa shape index (κ1) is 20.7. The van der Waals surface area contributed by atoms with Gasteiger partial charge in [-0.1, -0.05) is 54.2 Å². The number of benzene rings is 2. The lowest BCUT2D eigenvalue weighted by Crippen LogP contribution is -3.10. The maximum absolute atomic E-state index is 13.9. The zero-order chi connectivity index (χ0) is 22.5. The predicted molar refractivity (Wildman–Crippen MR) is 134 cm³/mol. The van der Waals surface area contributed by atoms with Gasteiger partial charge in [0.05, 0.1) is 22.5 Å². The summed E-state index contributed by atoms with van der Waals surface area (Å²) >= 11 is 3.29.